The molecule has 5 nitrogen and oxygen atoms in total. The third kappa shape index (κ3) is 4.07. The smallest absolute Gasteiger partial charge is 0.215 e. The van der Waals surface area contributed by atoms with E-state index in [9.17, 15) is 13.7 Å². The van der Waals surface area contributed by atoms with Gasteiger partial charge in [0.05, 0.1) is 23.5 Å². The lowest BCUT2D eigenvalue weighted by Gasteiger charge is -2.32. The number of benzene rings is 1. The summed E-state index contributed by atoms with van der Waals surface area (Å²) in [5.74, 6) is -0.139. The average molecular weight is 322 g/mol. The number of nitrogens with one attached hydrogen (secondary N) is 1. The molecule has 1 heterocycles. The number of sulfonamides is 1. The Hall–Kier alpha value is -1.42. The van der Waals surface area contributed by atoms with Gasteiger partial charge in [-0.3, -0.25) is 0 Å². The first-order chi connectivity index (χ1) is 10.4. The van der Waals surface area contributed by atoms with E-state index >= 15 is 0 Å². The second kappa shape index (κ2) is 7.23. The molecule has 1 saturated heterocycles. The van der Waals surface area contributed by atoms with Crippen LogP contribution in [0.5, 0.6) is 0 Å². The minimum absolute atomic E-state index is 0.125. The molecule has 22 heavy (non-hydrogen) atoms. The largest absolute Gasteiger partial charge is 0.381 e. The van der Waals surface area contributed by atoms with E-state index in [1.807, 2.05) is 32.0 Å². The monoisotopic (exact) mass is 322 g/mol. The number of rotatable bonds is 5. The molecule has 0 amide bonds. The Balaban J connectivity index is 2.22. The molecule has 6 heteroatoms. The number of nitrogens with zero attached hydrogens (tertiary/aromatic N) is 1. The predicted octanol–water partition coefficient (Wildman–Crippen LogP) is 1.83. The predicted molar refractivity (Wildman–Crippen MR) is 84.8 cm³/mol. The maximum absolute atomic E-state index is 12.5. The molecule has 2 unspecified atom stereocenters. The third-order valence-electron chi connectivity index (χ3n) is 3.82. The van der Waals surface area contributed by atoms with Gasteiger partial charge in [0, 0.05) is 18.6 Å². The molecule has 0 aromatic heterocycles. The van der Waals surface area contributed by atoms with Crippen molar-refractivity contribution >= 4 is 10.0 Å². The van der Waals surface area contributed by atoms with Crippen molar-refractivity contribution in [2.75, 3.05) is 13.2 Å². The Bertz CT molecular complexity index is 650. The molecule has 1 aromatic rings. The van der Waals surface area contributed by atoms with Gasteiger partial charge in [0.15, 0.2) is 0 Å². The van der Waals surface area contributed by atoms with Gasteiger partial charge in [-0.2, -0.15) is 5.26 Å². The fourth-order valence-electron chi connectivity index (χ4n) is 2.88. The van der Waals surface area contributed by atoms with E-state index in [4.69, 9.17) is 4.74 Å². The van der Waals surface area contributed by atoms with E-state index in [0.717, 1.165) is 5.56 Å². The molecular formula is C16H22N2O3S. The van der Waals surface area contributed by atoms with Crippen molar-refractivity contribution in [3.8, 4) is 6.07 Å². The highest BCUT2D eigenvalue weighted by Gasteiger charge is 2.36. The fourth-order valence-corrected chi connectivity index (χ4v) is 4.80. The van der Waals surface area contributed by atoms with Crippen LogP contribution in [0.2, 0.25) is 0 Å². The summed E-state index contributed by atoms with van der Waals surface area (Å²) in [6.07, 6.45) is 1.02. The summed E-state index contributed by atoms with van der Waals surface area (Å²) in [7, 11) is -3.38. The molecule has 0 bridgehead atoms. The zero-order valence-electron chi connectivity index (χ0n) is 13.0. The van der Waals surface area contributed by atoms with Crippen LogP contribution in [-0.4, -0.2) is 32.9 Å². The Kier molecular flexibility index (Phi) is 5.57. The van der Waals surface area contributed by atoms with E-state index < -0.39 is 15.3 Å². The van der Waals surface area contributed by atoms with Gasteiger partial charge >= 0.3 is 0 Å². The molecule has 1 aliphatic heterocycles. The Morgan fingerprint density at radius 2 is 2.14 bits per heavy atom. The highest BCUT2D eigenvalue weighted by atomic mass is 32.2. The van der Waals surface area contributed by atoms with Crippen molar-refractivity contribution in [2.45, 2.75) is 38.0 Å². The van der Waals surface area contributed by atoms with E-state index in [1.165, 1.54) is 0 Å². The summed E-state index contributed by atoms with van der Waals surface area (Å²) in [6, 6.07) is 9.36. The topological polar surface area (TPSA) is 79.2 Å². The van der Waals surface area contributed by atoms with E-state index in [1.54, 1.807) is 6.07 Å². The molecule has 0 spiro atoms. The van der Waals surface area contributed by atoms with Crippen molar-refractivity contribution in [2.24, 2.45) is 5.92 Å². The molecule has 1 aliphatic rings. The van der Waals surface area contributed by atoms with E-state index in [2.05, 4.69) is 10.8 Å². The second-order valence-corrected chi connectivity index (χ2v) is 7.88. The second-order valence-electron chi connectivity index (χ2n) is 5.95. The molecule has 2 rings (SSSR count). The summed E-state index contributed by atoms with van der Waals surface area (Å²) in [5, 5.41) is 8.70. The average Bonchev–Trinajstić information content (AvgIpc) is 2.47. The number of ether oxygens (including phenoxy) is 1. The van der Waals surface area contributed by atoms with Crippen LogP contribution in [0.4, 0.5) is 0 Å². The van der Waals surface area contributed by atoms with Crippen LogP contribution in [0.15, 0.2) is 24.3 Å². The molecule has 0 saturated carbocycles. The normalized spacial score (nSPS) is 22.5. The summed E-state index contributed by atoms with van der Waals surface area (Å²) in [6.45, 7) is 4.50. The van der Waals surface area contributed by atoms with Gasteiger partial charge in [-0.05, 0) is 38.3 Å². The van der Waals surface area contributed by atoms with Gasteiger partial charge in [-0.1, -0.05) is 18.2 Å². The van der Waals surface area contributed by atoms with E-state index in [-0.39, 0.29) is 12.0 Å². The summed E-state index contributed by atoms with van der Waals surface area (Å²) in [4.78, 5) is 0. The maximum Gasteiger partial charge on any atom is 0.215 e. The minimum atomic E-state index is -3.38. The molecule has 0 aliphatic carbocycles. The molecular weight excluding hydrogens is 300 g/mol. The number of nitriles is 1. The number of hydrogen-bond acceptors (Lipinski definition) is 4. The first-order valence-electron chi connectivity index (χ1n) is 7.51. The highest BCUT2D eigenvalue weighted by molar-refractivity contribution is 7.90. The lowest BCUT2D eigenvalue weighted by molar-refractivity contribution is 0.0569. The third-order valence-corrected chi connectivity index (χ3v) is 6.04. The fraction of sp³-hybridized carbons (Fsp3) is 0.562. The van der Waals surface area contributed by atoms with Crippen LogP contribution in [0, 0.1) is 17.2 Å². The van der Waals surface area contributed by atoms with Crippen molar-refractivity contribution in [1.29, 1.82) is 5.26 Å². The molecule has 1 fully saturated rings. The van der Waals surface area contributed by atoms with Gasteiger partial charge in [0.25, 0.3) is 0 Å². The van der Waals surface area contributed by atoms with Gasteiger partial charge in [-0.15, -0.1) is 0 Å². The Morgan fingerprint density at radius 3 is 2.82 bits per heavy atom. The standard InChI is InChI=1S/C16H22N2O3S/c1-12(2)18-22(19,20)16-7-8-21-11-15(16)9-13-5-3-4-6-14(13)10-17/h3-6,12,15-16,18H,7-9,11H2,1-2H3. The maximum atomic E-state index is 12.5. The van der Waals surface area contributed by atoms with Gasteiger partial charge < -0.3 is 4.74 Å². The Morgan fingerprint density at radius 1 is 1.41 bits per heavy atom. The van der Waals surface area contributed by atoms with Crippen LogP contribution in [0.3, 0.4) is 0 Å². The molecule has 1 N–H and O–H groups in total. The highest BCUT2D eigenvalue weighted by Crippen LogP contribution is 2.26. The van der Waals surface area contributed by atoms with Crippen molar-refractivity contribution < 1.29 is 13.2 Å². The molecule has 120 valence electrons. The van der Waals surface area contributed by atoms with Crippen LogP contribution in [0.1, 0.15) is 31.4 Å². The van der Waals surface area contributed by atoms with Crippen molar-refractivity contribution in [3.05, 3.63) is 35.4 Å². The van der Waals surface area contributed by atoms with Gasteiger partial charge in [0.2, 0.25) is 10.0 Å². The van der Waals surface area contributed by atoms with Gasteiger partial charge in [-0.25, -0.2) is 13.1 Å². The van der Waals surface area contributed by atoms with Crippen molar-refractivity contribution in [3.63, 3.8) is 0 Å². The van der Waals surface area contributed by atoms with Crippen LogP contribution < -0.4 is 4.72 Å². The molecule has 2 atom stereocenters. The first-order valence-corrected chi connectivity index (χ1v) is 9.05. The minimum Gasteiger partial charge on any atom is -0.381 e. The SMILES string of the molecule is CC(C)NS(=O)(=O)C1CCOCC1Cc1ccccc1C#N. The zero-order valence-corrected chi connectivity index (χ0v) is 13.8. The summed E-state index contributed by atoms with van der Waals surface area (Å²) >= 11 is 0. The van der Waals surface area contributed by atoms with Crippen LogP contribution >= 0.6 is 0 Å². The summed E-state index contributed by atoms with van der Waals surface area (Å²) < 4.78 is 33.2. The Labute approximate surface area is 132 Å². The van der Waals surface area contributed by atoms with Crippen LogP contribution in [-0.2, 0) is 21.2 Å². The zero-order chi connectivity index (χ0) is 16.2. The first kappa shape index (κ1) is 16.9. The molecule has 1 aromatic carbocycles. The van der Waals surface area contributed by atoms with Gasteiger partial charge in [0.1, 0.15) is 0 Å². The summed E-state index contributed by atoms with van der Waals surface area (Å²) in [5.41, 5.74) is 1.48. The quantitative estimate of drug-likeness (QED) is 0.897. The van der Waals surface area contributed by atoms with Crippen LogP contribution in [0.25, 0.3) is 0 Å². The molecule has 0 radical (unpaired) electrons. The lowest BCUT2D eigenvalue weighted by Crippen LogP contribution is -2.46. The lowest BCUT2D eigenvalue weighted by atomic mass is 9.91. The van der Waals surface area contributed by atoms with E-state index in [0.29, 0.717) is 31.6 Å². The van der Waals surface area contributed by atoms with Crippen molar-refractivity contribution in [1.82, 2.24) is 4.72 Å². The number of hydrogen-bond donors (Lipinski definition) is 1.